The van der Waals surface area contributed by atoms with Gasteiger partial charge in [-0.2, -0.15) is 8.78 Å². The summed E-state index contributed by atoms with van der Waals surface area (Å²) >= 11 is 0.559. The maximum atomic E-state index is 12.2. The minimum atomic E-state index is -2.38. The van der Waals surface area contributed by atoms with Crippen molar-refractivity contribution in [3.8, 4) is 11.1 Å². The van der Waals surface area contributed by atoms with Gasteiger partial charge in [-0.05, 0) is 35.7 Å². The lowest BCUT2D eigenvalue weighted by atomic mass is 10.0. The molecular formula is C15H15F2NS. The van der Waals surface area contributed by atoms with Gasteiger partial charge < -0.3 is 5.73 Å². The van der Waals surface area contributed by atoms with E-state index in [1.807, 2.05) is 43.3 Å². The molecule has 0 aliphatic heterocycles. The average molecular weight is 279 g/mol. The second-order valence-electron chi connectivity index (χ2n) is 4.31. The summed E-state index contributed by atoms with van der Waals surface area (Å²) in [5.74, 6) is -2.38. The van der Waals surface area contributed by atoms with E-state index >= 15 is 0 Å². The molecule has 0 aliphatic rings. The predicted molar refractivity (Wildman–Crippen MR) is 76.3 cm³/mol. The molecular weight excluding hydrogens is 264 g/mol. The molecule has 1 unspecified atom stereocenters. The number of rotatable bonds is 4. The number of halogens is 2. The maximum absolute atomic E-state index is 12.2. The summed E-state index contributed by atoms with van der Waals surface area (Å²) in [6, 6.07) is 15.1. The van der Waals surface area contributed by atoms with Crippen molar-refractivity contribution < 1.29 is 8.78 Å². The molecule has 2 rings (SSSR count). The van der Waals surface area contributed by atoms with E-state index in [-0.39, 0.29) is 6.04 Å². The number of benzene rings is 2. The van der Waals surface area contributed by atoms with E-state index in [0.29, 0.717) is 16.7 Å². The van der Waals surface area contributed by atoms with Gasteiger partial charge in [-0.3, -0.25) is 0 Å². The zero-order valence-corrected chi connectivity index (χ0v) is 11.3. The number of nitrogens with two attached hydrogens (primary N) is 1. The van der Waals surface area contributed by atoms with Crippen molar-refractivity contribution in [3.05, 3.63) is 54.1 Å². The van der Waals surface area contributed by atoms with Crippen molar-refractivity contribution >= 4 is 11.8 Å². The molecule has 0 heterocycles. The van der Waals surface area contributed by atoms with E-state index in [1.165, 1.54) is 0 Å². The molecule has 2 aromatic rings. The Morgan fingerprint density at radius 1 is 0.895 bits per heavy atom. The van der Waals surface area contributed by atoms with E-state index in [2.05, 4.69) is 0 Å². The summed E-state index contributed by atoms with van der Waals surface area (Å²) in [6.45, 7) is 1.94. The standard InChI is InChI=1S/C15H15F2NS/c1-10(18)11-2-4-12(5-3-11)13-6-8-14(9-7-13)19-15(16)17/h2-10,15H,18H2,1H3. The van der Waals surface area contributed by atoms with Gasteiger partial charge >= 0.3 is 0 Å². The first-order valence-electron chi connectivity index (χ1n) is 5.97. The molecule has 0 saturated carbocycles. The number of alkyl halides is 2. The van der Waals surface area contributed by atoms with Crippen LogP contribution in [0, 0.1) is 0 Å². The van der Waals surface area contributed by atoms with Crippen LogP contribution in [0.15, 0.2) is 53.4 Å². The van der Waals surface area contributed by atoms with Gasteiger partial charge in [0.05, 0.1) is 0 Å². The predicted octanol–water partition coefficient (Wildman–Crippen LogP) is 4.69. The third-order valence-corrected chi connectivity index (χ3v) is 3.57. The van der Waals surface area contributed by atoms with E-state index in [9.17, 15) is 8.78 Å². The van der Waals surface area contributed by atoms with Crippen LogP contribution in [0.2, 0.25) is 0 Å². The summed E-state index contributed by atoms with van der Waals surface area (Å²) in [4.78, 5) is 0.575. The third kappa shape index (κ3) is 3.78. The Morgan fingerprint density at radius 2 is 1.37 bits per heavy atom. The maximum Gasteiger partial charge on any atom is 0.288 e. The highest BCUT2D eigenvalue weighted by Gasteiger charge is 2.05. The van der Waals surface area contributed by atoms with Gasteiger partial charge in [0.15, 0.2) is 0 Å². The van der Waals surface area contributed by atoms with E-state index in [1.54, 1.807) is 12.1 Å². The summed E-state index contributed by atoms with van der Waals surface area (Å²) in [5, 5.41) is 0. The first-order chi connectivity index (χ1) is 9.06. The van der Waals surface area contributed by atoms with Gasteiger partial charge in [0.2, 0.25) is 0 Å². The lowest BCUT2D eigenvalue weighted by Crippen LogP contribution is -2.04. The molecule has 4 heteroatoms. The van der Waals surface area contributed by atoms with Gasteiger partial charge in [-0.15, -0.1) is 0 Å². The van der Waals surface area contributed by atoms with Crippen molar-refractivity contribution in [2.45, 2.75) is 23.6 Å². The van der Waals surface area contributed by atoms with Crippen molar-refractivity contribution in [1.29, 1.82) is 0 Å². The lowest BCUT2D eigenvalue weighted by molar-refractivity contribution is 0.252. The van der Waals surface area contributed by atoms with Gasteiger partial charge in [0.1, 0.15) is 0 Å². The first-order valence-corrected chi connectivity index (χ1v) is 6.85. The van der Waals surface area contributed by atoms with Crippen LogP contribution in [0.1, 0.15) is 18.5 Å². The van der Waals surface area contributed by atoms with Crippen molar-refractivity contribution in [3.63, 3.8) is 0 Å². The molecule has 0 saturated heterocycles. The minimum Gasteiger partial charge on any atom is -0.324 e. The van der Waals surface area contributed by atoms with Crippen LogP contribution < -0.4 is 5.73 Å². The normalized spacial score (nSPS) is 12.7. The summed E-state index contributed by atoms with van der Waals surface area (Å²) in [7, 11) is 0. The molecule has 2 aromatic carbocycles. The molecule has 1 nitrogen and oxygen atoms in total. The molecule has 0 bridgehead atoms. The van der Waals surface area contributed by atoms with E-state index in [0.717, 1.165) is 16.7 Å². The van der Waals surface area contributed by atoms with Crippen LogP contribution in [-0.4, -0.2) is 5.76 Å². The first kappa shape index (κ1) is 14.0. The van der Waals surface area contributed by atoms with Crippen molar-refractivity contribution in [2.75, 3.05) is 0 Å². The fourth-order valence-corrected chi connectivity index (χ4v) is 2.31. The smallest absolute Gasteiger partial charge is 0.288 e. The van der Waals surface area contributed by atoms with Crippen molar-refractivity contribution in [1.82, 2.24) is 0 Å². The monoisotopic (exact) mass is 279 g/mol. The van der Waals surface area contributed by atoms with Gasteiger partial charge in [0, 0.05) is 10.9 Å². The number of hydrogen-bond acceptors (Lipinski definition) is 2. The second-order valence-corrected chi connectivity index (χ2v) is 5.38. The molecule has 0 spiro atoms. The highest BCUT2D eigenvalue weighted by molar-refractivity contribution is 7.99. The molecule has 0 amide bonds. The quantitative estimate of drug-likeness (QED) is 0.822. The van der Waals surface area contributed by atoms with Crippen LogP contribution in [0.4, 0.5) is 8.78 Å². The summed E-state index contributed by atoms with van der Waals surface area (Å²) in [6.07, 6.45) is 0. The molecule has 2 N–H and O–H groups in total. The van der Waals surface area contributed by atoms with Gasteiger partial charge in [-0.25, -0.2) is 0 Å². The Morgan fingerprint density at radius 3 is 1.79 bits per heavy atom. The third-order valence-electron chi connectivity index (χ3n) is 2.85. The molecule has 0 aromatic heterocycles. The van der Waals surface area contributed by atoms with E-state index < -0.39 is 5.76 Å². The molecule has 19 heavy (non-hydrogen) atoms. The average Bonchev–Trinajstić information content (AvgIpc) is 2.39. The Kier molecular flexibility index (Phi) is 4.56. The summed E-state index contributed by atoms with van der Waals surface area (Å²) in [5.41, 5.74) is 8.94. The fourth-order valence-electron chi connectivity index (χ4n) is 1.81. The Labute approximate surface area is 115 Å². The fraction of sp³-hybridized carbons (Fsp3) is 0.200. The lowest BCUT2D eigenvalue weighted by Gasteiger charge is -2.08. The Hall–Kier alpha value is -1.39. The molecule has 0 aliphatic carbocycles. The van der Waals surface area contributed by atoms with Crippen molar-refractivity contribution in [2.24, 2.45) is 5.73 Å². The molecule has 1 atom stereocenters. The minimum absolute atomic E-state index is 0.0128. The van der Waals surface area contributed by atoms with E-state index in [4.69, 9.17) is 5.73 Å². The Balaban J connectivity index is 2.17. The summed E-state index contributed by atoms with van der Waals surface area (Å²) < 4.78 is 24.4. The largest absolute Gasteiger partial charge is 0.324 e. The van der Waals surface area contributed by atoms with Crippen LogP contribution in [0.3, 0.4) is 0 Å². The topological polar surface area (TPSA) is 26.0 Å². The zero-order chi connectivity index (χ0) is 13.8. The van der Waals surface area contributed by atoms with Crippen LogP contribution in [0.5, 0.6) is 0 Å². The van der Waals surface area contributed by atoms with Crippen LogP contribution >= 0.6 is 11.8 Å². The molecule has 0 fully saturated rings. The Bertz CT molecular complexity index is 521. The number of thioether (sulfide) groups is 1. The van der Waals surface area contributed by atoms with Gasteiger partial charge in [0.25, 0.3) is 5.76 Å². The highest BCUT2D eigenvalue weighted by Crippen LogP contribution is 2.28. The van der Waals surface area contributed by atoms with Crippen LogP contribution in [0.25, 0.3) is 11.1 Å². The highest BCUT2D eigenvalue weighted by atomic mass is 32.2. The zero-order valence-electron chi connectivity index (χ0n) is 10.5. The number of hydrogen-bond donors (Lipinski definition) is 1. The molecule has 0 radical (unpaired) electrons. The molecule has 100 valence electrons. The second kappa shape index (κ2) is 6.17. The SMILES string of the molecule is CC(N)c1ccc(-c2ccc(SC(F)F)cc2)cc1. The van der Waals surface area contributed by atoms with Gasteiger partial charge in [-0.1, -0.05) is 48.2 Å². The van der Waals surface area contributed by atoms with Crippen LogP contribution in [-0.2, 0) is 0 Å².